The Morgan fingerprint density at radius 1 is 1.07 bits per heavy atom. The Morgan fingerprint density at radius 3 is 1.87 bits per heavy atom. The number of hydrogen-bond donors (Lipinski definition) is 0. The first kappa shape index (κ1) is 15.0. The first-order valence-electron chi connectivity index (χ1n) is 6.28. The molecule has 0 bridgehead atoms. The minimum atomic E-state index is 0.225. The third kappa shape index (κ3) is 7.89. The number of carbonyl (C=O) groups excluding carboxylic acids is 1. The molecule has 0 fully saturated rings. The smallest absolute Gasteiger partial charge is 0.184 e. The standard InChI is InChI=1S/C13H27OS/c1-5-7-9-15(10-8-6-2)11-13(14)12(3)4/h12H,5-11H2,1-4H3/q+1. The summed E-state index contributed by atoms with van der Waals surface area (Å²) in [5.41, 5.74) is 0. The van der Waals surface area contributed by atoms with Crippen LogP contribution in [0, 0.1) is 5.92 Å². The lowest BCUT2D eigenvalue weighted by atomic mass is 10.1. The van der Waals surface area contributed by atoms with E-state index in [1.54, 1.807) is 0 Å². The van der Waals surface area contributed by atoms with Gasteiger partial charge < -0.3 is 0 Å². The third-order valence-corrected chi connectivity index (χ3v) is 4.99. The Morgan fingerprint density at radius 2 is 1.53 bits per heavy atom. The molecule has 0 heterocycles. The van der Waals surface area contributed by atoms with Crippen LogP contribution in [-0.4, -0.2) is 23.0 Å². The van der Waals surface area contributed by atoms with Gasteiger partial charge >= 0.3 is 0 Å². The predicted octanol–water partition coefficient (Wildman–Crippen LogP) is 3.43. The SMILES string of the molecule is CCCC[S+](CCCC)CC(=O)C(C)C. The van der Waals surface area contributed by atoms with Gasteiger partial charge in [-0.1, -0.05) is 40.5 Å². The fraction of sp³-hybridized carbons (Fsp3) is 0.923. The van der Waals surface area contributed by atoms with Gasteiger partial charge in [0.05, 0.1) is 0 Å². The molecule has 0 radical (unpaired) electrons. The summed E-state index contributed by atoms with van der Waals surface area (Å²) in [6.45, 7) is 8.49. The van der Waals surface area contributed by atoms with Crippen LogP contribution in [0.3, 0.4) is 0 Å². The van der Waals surface area contributed by atoms with Gasteiger partial charge in [0, 0.05) is 5.92 Å². The van der Waals surface area contributed by atoms with Crippen molar-refractivity contribution in [2.45, 2.75) is 53.4 Å². The molecule has 0 aliphatic carbocycles. The number of carbonyl (C=O) groups is 1. The molecule has 0 atom stereocenters. The Kier molecular flexibility index (Phi) is 9.27. The van der Waals surface area contributed by atoms with Gasteiger partial charge in [0.2, 0.25) is 0 Å². The molecule has 0 aromatic carbocycles. The highest BCUT2D eigenvalue weighted by molar-refractivity contribution is 7.97. The van der Waals surface area contributed by atoms with E-state index in [9.17, 15) is 4.79 Å². The average molecular weight is 231 g/mol. The summed E-state index contributed by atoms with van der Waals surface area (Å²) in [4.78, 5) is 11.7. The van der Waals surface area contributed by atoms with Crippen molar-refractivity contribution in [3.63, 3.8) is 0 Å². The van der Waals surface area contributed by atoms with Crippen LogP contribution < -0.4 is 0 Å². The van der Waals surface area contributed by atoms with Gasteiger partial charge in [-0.25, -0.2) is 0 Å². The van der Waals surface area contributed by atoms with Crippen LogP contribution in [-0.2, 0) is 15.7 Å². The molecule has 0 unspecified atom stereocenters. The molecule has 0 aliphatic heterocycles. The van der Waals surface area contributed by atoms with E-state index in [1.807, 2.05) is 13.8 Å². The highest BCUT2D eigenvalue weighted by Crippen LogP contribution is 2.08. The molecule has 0 rings (SSSR count). The molecule has 0 N–H and O–H groups in total. The fourth-order valence-electron chi connectivity index (χ4n) is 1.31. The summed E-state index contributed by atoms with van der Waals surface area (Å²) in [5.74, 6) is 4.08. The van der Waals surface area contributed by atoms with Gasteiger partial charge in [0.1, 0.15) is 11.5 Å². The van der Waals surface area contributed by atoms with Crippen molar-refractivity contribution in [1.29, 1.82) is 0 Å². The van der Waals surface area contributed by atoms with E-state index in [1.165, 1.54) is 37.2 Å². The number of unbranched alkanes of at least 4 members (excludes halogenated alkanes) is 2. The van der Waals surface area contributed by atoms with Crippen molar-refractivity contribution < 1.29 is 4.79 Å². The maximum Gasteiger partial charge on any atom is 0.184 e. The normalized spacial score (nSPS) is 11.3. The molecule has 0 aromatic heterocycles. The van der Waals surface area contributed by atoms with Crippen LogP contribution in [0.2, 0.25) is 0 Å². The van der Waals surface area contributed by atoms with Crippen molar-refractivity contribution in [2.24, 2.45) is 5.92 Å². The van der Waals surface area contributed by atoms with Gasteiger partial charge in [0.25, 0.3) is 0 Å². The second-order valence-electron chi connectivity index (χ2n) is 4.49. The highest BCUT2D eigenvalue weighted by atomic mass is 32.2. The summed E-state index contributed by atoms with van der Waals surface area (Å²) in [5, 5.41) is 0. The number of ketones is 1. The van der Waals surface area contributed by atoms with Gasteiger partial charge in [-0.3, -0.25) is 4.79 Å². The average Bonchev–Trinajstić information content (AvgIpc) is 2.21. The van der Waals surface area contributed by atoms with E-state index >= 15 is 0 Å². The first-order chi connectivity index (χ1) is 7.11. The predicted molar refractivity (Wildman–Crippen MR) is 71.6 cm³/mol. The molecule has 1 nitrogen and oxygen atoms in total. The summed E-state index contributed by atoms with van der Waals surface area (Å²) in [6.07, 6.45) is 5.09. The molecule has 0 spiro atoms. The Labute approximate surface area is 98.4 Å². The minimum absolute atomic E-state index is 0.225. The third-order valence-electron chi connectivity index (χ3n) is 2.56. The van der Waals surface area contributed by atoms with Gasteiger partial charge in [0.15, 0.2) is 11.5 Å². The van der Waals surface area contributed by atoms with Crippen molar-refractivity contribution in [3.05, 3.63) is 0 Å². The molecule has 0 amide bonds. The van der Waals surface area contributed by atoms with Crippen molar-refractivity contribution in [2.75, 3.05) is 17.3 Å². The lowest BCUT2D eigenvalue weighted by Crippen LogP contribution is -2.25. The van der Waals surface area contributed by atoms with E-state index in [0.717, 1.165) is 5.75 Å². The number of rotatable bonds is 9. The Bertz CT molecular complexity index is 158. The Hall–Kier alpha value is 0.0200. The second-order valence-corrected chi connectivity index (χ2v) is 6.82. The van der Waals surface area contributed by atoms with Gasteiger partial charge in [-0.05, 0) is 23.7 Å². The maximum atomic E-state index is 11.7. The molecule has 0 saturated carbocycles. The van der Waals surface area contributed by atoms with Crippen molar-refractivity contribution in [3.8, 4) is 0 Å². The maximum absolute atomic E-state index is 11.7. The van der Waals surface area contributed by atoms with Crippen LogP contribution >= 0.6 is 0 Å². The zero-order chi connectivity index (χ0) is 11.7. The van der Waals surface area contributed by atoms with E-state index < -0.39 is 0 Å². The molecular formula is C13H27OS+. The quantitative estimate of drug-likeness (QED) is 0.556. The minimum Gasteiger partial charge on any atom is -0.294 e. The fourth-order valence-corrected chi connectivity index (χ4v) is 3.93. The number of hydrogen-bond acceptors (Lipinski definition) is 1. The van der Waals surface area contributed by atoms with Crippen LogP contribution in [0.4, 0.5) is 0 Å². The van der Waals surface area contributed by atoms with Crippen LogP contribution in [0.1, 0.15) is 53.4 Å². The van der Waals surface area contributed by atoms with E-state index in [-0.39, 0.29) is 5.92 Å². The van der Waals surface area contributed by atoms with Crippen molar-refractivity contribution >= 4 is 16.7 Å². The van der Waals surface area contributed by atoms with E-state index in [2.05, 4.69) is 13.8 Å². The van der Waals surface area contributed by atoms with Crippen molar-refractivity contribution in [1.82, 2.24) is 0 Å². The summed E-state index contributed by atoms with van der Waals surface area (Å²) < 4.78 is 0. The largest absolute Gasteiger partial charge is 0.294 e. The zero-order valence-corrected chi connectivity index (χ0v) is 11.7. The lowest BCUT2D eigenvalue weighted by Gasteiger charge is -2.09. The van der Waals surface area contributed by atoms with Gasteiger partial charge in [-0.15, -0.1) is 0 Å². The Balaban J connectivity index is 3.93. The summed E-state index contributed by atoms with van der Waals surface area (Å²) >= 11 is 0. The van der Waals surface area contributed by atoms with E-state index in [4.69, 9.17) is 0 Å². The molecule has 2 heteroatoms. The van der Waals surface area contributed by atoms with Crippen LogP contribution in [0.25, 0.3) is 0 Å². The van der Waals surface area contributed by atoms with E-state index in [0.29, 0.717) is 16.7 Å². The zero-order valence-electron chi connectivity index (χ0n) is 10.8. The molecule has 0 aliphatic rings. The number of Topliss-reactive ketones (excluding diaryl/α,β-unsaturated/α-hetero) is 1. The summed E-state index contributed by atoms with van der Waals surface area (Å²) in [6, 6.07) is 0. The molecule has 15 heavy (non-hydrogen) atoms. The molecule has 0 saturated heterocycles. The monoisotopic (exact) mass is 231 g/mol. The molecule has 0 aromatic rings. The highest BCUT2D eigenvalue weighted by Gasteiger charge is 2.22. The topological polar surface area (TPSA) is 17.1 Å². The van der Waals surface area contributed by atoms with Crippen LogP contribution in [0.15, 0.2) is 0 Å². The lowest BCUT2D eigenvalue weighted by molar-refractivity contribution is -0.119. The molecular weight excluding hydrogens is 204 g/mol. The summed E-state index contributed by atoms with van der Waals surface area (Å²) in [7, 11) is 0.376. The molecule has 90 valence electrons. The van der Waals surface area contributed by atoms with Crippen LogP contribution in [0.5, 0.6) is 0 Å². The van der Waals surface area contributed by atoms with Gasteiger partial charge in [-0.2, -0.15) is 0 Å². The first-order valence-corrected chi connectivity index (χ1v) is 8.01. The second kappa shape index (κ2) is 9.26.